The predicted octanol–water partition coefficient (Wildman–Crippen LogP) is 2.24. The number of hydrogen-bond donors (Lipinski definition) is 1. The van der Waals surface area contributed by atoms with E-state index >= 15 is 0 Å². The van der Waals surface area contributed by atoms with Crippen LogP contribution in [0, 0.1) is 0 Å². The minimum absolute atomic E-state index is 0.142. The molecule has 1 heterocycles. The molecule has 80 valence electrons. The Kier molecular flexibility index (Phi) is 2.93. The molecule has 2 rings (SSSR count). The van der Waals surface area contributed by atoms with Crippen LogP contribution in [0.15, 0.2) is 18.2 Å². The molecule has 15 heavy (non-hydrogen) atoms. The smallest absolute Gasteiger partial charge is 0.0941 e. The molecule has 0 aliphatic rings. The number of halogens is 1. The van der Waals surface area contributed by atoms with Crippen molar-refractivity contribution in [3.05, 3.63) is 28.9 Å². The van der Waals surface area contributed by atoms with Crippen molar-refractivity contribution in [2.45, 2.75) is 19.9 Å². The van der Waals surface area contributed by atoms with Gasteiger partial charge in [0.2, 0.25) is 0 Å². The molecule has 0 aliphatic heterocycles. The molecule has 1 aromatic carbocycles. The van der Waals surface area contributed by atoms with E-state index in [1.165, 1.54) is 0 Å². The third-order valence-electron chi connectivity index (χ3n) is 2.46. The average molecular weight is 225 g/mol. The van der Waals surface area contributed by atoms with Gasteiger partial charge in [-0.3, -0.25) is 4.68 Å². The fraction of sp³-hybridized carbons (Fsp3) is 0.364. The first kappa shape index (κ1) is 10.5. The first-order valence-electron chi connectivity index (χ1n) is 5.02. The van der Waals surface area contributed by atoms with Gasteiger partial charge in [-0.15, -0.1) is 0 Å². The molecular formula is C11H13ClN2O. The van der Waals surface area contributed by atoms with Gasteiger partial charge in [0.15, 0.2) is 0 Å². The molecule has 0 saturated heterocycles. The fourth-order valence-corrected chi connectivity index (χ4v) is 1.96. The minimum atomic E-state index is 0.142. The van der Waals surface area contributed by atoms with Crippen molar-refractivity contribution in [2.75, 3.05) is 6.61 Å². The standard InChI is InChI=1S/C11H13ClN2O/c1-2-14-11(5-6-15)9-4-3-8(12)7-10(9)13-14/h3-4,7,15H,2,5-6H2,1H3. The van der Waals surface area contributed by atoms with Crippen molar-refractivity contribution >= 4 is 22.5 Å². The van der Waals surface area contributed by atoms with E-state index in [1.807, 2.05) is 29.8 Å². The molecule has 0 bridgehead atoms. The van der Waals surface area contributed by atoms with Crippen LogP contribution < -0.4 is 0 Å². The molecule has 3 nitrogen and oxygen atoms in total. The van der Waals surface area contributed by atoms with Gasteiger partial charge in [-0.2, -0.15) is 5.10 Å². The van der Waals surface area contributed by atoms with E-state index in [4.69, 9.17) is 16.7 Å². The highest BCUT2D eigenvalue weighted by Crippen LogP contribution is 2.22. The van der Waals surface area contributed by atoms with Crippen molar-refractivity contribution in [1.29, 1.82) is 0 Å². The molecule has 1 N–H and O–H groups in total. The first-order chi connectivity index (χ1) is 7.26. The lowest BCUT2D eigenvalue weighted by Gasteiger charge is -2.02. The largest absolute Gasteiger partial charge is 0.396 e. The Morgan fingerprint density at radius 2 is 2.27 bits per heavy atom. The Morgan fingerprint density at radius 1 is 1.47 bits per heavy atom. The Bertz CT molecular complexity index is 479. The van der Waals surface area contributed by atoms with Crippen molar-refractivity contribution in [1.82, 2.24) is 9.78 Å². The Labute approximate surface area is 93.3 Å². The fourth-order valence-electron chi connectivity index (χ4n) is 1.79. The normalized spacial score (nSPS) is 11.1. The molecule has 0 unspecified atom stereocenters. The predicted molar refractivity (Wildman–Crippen MR) is 61.2 cm³/mol. The number of aryl methyl sites for hydroxylation is 1. The van der Waals surface area contributed by atoms with Gasteiger partial charge in [0.05, 0.1) is 5.52 Å². The SMILES string of the molecule is CCn1nc2cc(Cl)ccc2c1CCO. The summed E-state index contributed by atoms with van der Waals surface area (Å²) in [6.07, 6.45) is 0.631. The second kappa shape index (κ2) is 4.21. The van der Waals surface area contributed by atoms with Gasteiger partial charge < -0.3 is 5.11 Å². The van der Waals surface area contributed by atoms with Crippen molar-refractivity contribution < 1.29 is 5.11 Å². The van der Waals surface area contributed by atoms with Gasteiger partial charge in [-0.1, -0.05) is 11.6 Å². The number of fused-ring (bicyclic) bond motifs is 1. The molecule has 0 aliphatic carbocycles. The van der Waals surface area contributed by atoms with E-state index in [-0.39, 0.29) is 6.61 Å². The lowest BCUT2D eigenvalue weighted by Crippen LogP contribution is -2.04. The summed E-state index contributed by atoms with van der Waals surface area (Å²) in [7, 11) is 0. The van der Waals surface area contributed by atoms with Crippen LogP contribution in [-0.2, 0) is 13.0 Å². The summed E-state index contributed by atoms with van der Waals surface area (Å²) in [6.45, 7) is 2.99. The van der Waals surface area contributed by atoms with Crippen LogP contribution in [-0.4, -0.2) is 21.5 Å². The molecule has 0 spiro atoms. The molecule has 0 atom stereocenters. The number of hydrogen-bond acceptors (Lipinski definition) is 2. The molecular weight excluding hydrogens is 212 g/mol. The van der Waals surface area contributed by atoms with Crippen LogP contribution in [0.5, 0.6) is 0 Å². The van der Waals surface area contributed by atoms with E-state index in [0.29, 0.717) is 11.4 Å². The van der Waals surface area contributed by atoms with Gasteiger partial charge in [-0.25, -0.2) is 0 Å². The average Bonchev–Trinajstić information content (AvgIpc) is 2.56. The summed E-state index contributed by atoms with van der Waals surface area (Å²) >= 11 is 5.90. The Hall–Kier alpha value is -1.06. The van der Waals surface area contributed by atoms with E-state index in [1.54, 1.807) is 0 Å². The molecule has 1 aromatic heterocycles. The van der Waals surface area contributed by atoms with Crippen LogP contribution in [0.3, 0.4) is 0 Å². The number of nitrogens with zero attached hydrogens (tertiary/aromatic N) is 2. The van der Waals surface area contributed by atoms with Crippen molar-refractivity contribution in [3.63, 3.8) is 0 Å². The zero-order chi connectivity index (χ0) is 10.8. The summed E-state index contributed by atoms with van der Waals surface area (Å²) in [5, 5.41) is 15.2. The van der Waals surface area contributed by atoms with Crippen LogP contribution in [0.25, 0.3) is 10.9 Å². The third-order valence-corrected chi connectivity index (χ3v) is 2.69. The molecule has 2 aromatic rings. The molecule has 0 saturated carbocycles. The maximum atomic E-state index is 9.00. The highest BCUT2D eigenvalue weighted by molar-refractivity contribution is 6.31. The topological polar surface area (TPSA) is 38.0 Å². The number of aliphatic hydroxyl groups excluding tert-OH is 1. The van der Waals surface area contributed by atoms with Gasteiger partial charge in [0.1, 0.15) is 0 Å². The van der Waals surface area contributed by atoms with Crippen molar-refractivity contribution in [2.24, 2.45) is 0 Å². The summed E-state index contributed by atoms with van der Waals surface area (Å²) in [6, 6.07) is 5.66. The number of benzene rings is 1. The van der Waals surface area contributed by atoms with Crippen LogP contribution in [0.2, 0.25) is 5.02 Å². The Morgan fingerprint density at radius 3 is 2.93 bits per heavy atom. The molecule has 0 fully saturated rings. The Balaban J connectivity index is 2.63. The number of rotatable bonds is 3. The van der Waals surface area contributed by atoms with Crippen LogP contribution in [0.1, 0.15) is 12.6 Å². The van der Waals surface area contributed by atoms with Gasteiger partial charge in [0.25, 0.3) is 0 Å². The first-order valence-corrected chi connectivity index (χ1v) is 5.40. The van der Waals surface area contributed by atoms with E-state index < -0.39 is 0 Å². The summed E-state index contributed by atoms with van der Waals surface area (Å²) in [5.41, 5.74) is 1.97. The maximum absolute atomic E-state index is 9.00. The lowest BCUT2D eigenvalue weighted by atomic mass is 10.2. The van der Waals surface area contributed by atoms with E-state index in [0.717, 1.165) is 23.1 Å². The quantitative estimate of drug-likeness (QED) is 0.869. The maximum Gasteiger partial charge on any atom is 0.0941 e. The second-order valence-electron chi connectivity index (χ2n) is 3.40. The van der Waals surface area contributed by atoms with Gasteiger partial charge in [0, 0.05) is 35.7 Å². The second-order valence-corrected chi connectivity index (χ2v) is 3.83. The van der Waals surface area contributed by atoms with Gasteiger partial charge in [-0.05, 0) is 25.1 Å². The zero-order valence-electron chi connectivity index (χ0n) is 8.57. The number of aliphatic hydroxyl groups is 1. The number of aromatic nitrogens is 2. The highest BCUT2D eigenvalue weighted by Gasteiger charge is 2.09. The molecule has 0 amide bonds. The zero-order valence-corrected chi connectivity index (χ0v) is 9.33. The minimum Gasteiger partial charge on any atom is -0.396 e. The highest BCUT2D eigenvalue weighted by atomic mass is 35.5. The van der Waals surface area contributed by atoms with E-state index in [2.05, 4.69) is 5.10 Å². The summed E-state index contributed by atoms with van der Waals surface area (Å²) < 4.78 is 1.91. The lowest BCUT2D eigenvalue weighted by molar-refractivity contribution is 0.296. The van der Waals surface area contributed by atoms with Crippen molar-refractivity contribution in [3.8, 4) is 0 Å². The molecule has 4 heteroatoms. The third kappa shape index (κ3) is 1.85. The summed E-state index contributed by atoms with van der Waals surface area (Å²) in [4.78, 5) is 0. The van der Waals surface area contributed by atoms with Crippen LogP contribution >= 0.6 is 11.6 Å². The summed E-state index contributed by atoms with van der Waals surface area (Å²) in [5.74, 6) is 0. The van der Waals surface area contributed by atoms with E-state index in [9.17, 15) is 0 Å². The van der Waals surface area contributed by atoms with Gasteiger partial charge >= 0.3 is 0 Å². The van der Waals surface area contributed by atoms with Crippen LogP contribution in [0.4, 0.5) is 0 Å². The molecule has 0 radical (unpaired) electrons. The monoisotopic (exact) mass is 224 g/mol.